The van der Waals surface area contributed by atoms with Crippen LogP contribution in [0, 0.1) is 5.92 Å². The minimum atomic E-state index is -2.97. The van der Waals surface area contributed by atoms with E-state index < -0.39 is 15.9 Å². The molecule has 1 rings (SSSR count). The number of amides is 1. The Morgan fingerprint density at radius 1 is 1.35 bits per heavy atom. The second-order valence-electron chi connectivity index (χ2n) is 4.74. The maximum absolute atomic E-state index is 12.1. The fraction of sp³-hybridized carbons (Fsp3) is 0.909. The van der Waals surface area contributed by atoms with E-state index in [2.05, 4.69) is 0 Å². The van der Waals surface area contributed by atoms with E-state index in [-0.39, 0.29) is 29.9 Å². The lowest BCUT2D eigenvalue weighted by Gasteiger charge is -2.26. The molecule has 2 atom stereocenters. The lowest BCUT2D eigenvalue weighted by atomic mass is 9.99. The number of rotatable bonds is 3. The molecule has 2 N–H and O–H groups in total. The summed E-state index contributed by atoms with van der Waals surface area (Å²) in [7, 11) is -2.97. The molecule has 1 heterocycles. The van der Waals surface area contributed by atoms with Crippen LogP contribution in [0.15, 0.2) is 0 Å². The Hall–Kier alpha value is -0.620. The van der Waals surface area contributed by atoms with Crippen LogP contribution >= 0.6 is 0 Å². The molecular formula is C11H22N2O3S. The molecule has 0 spiro atoms. The first kappa shape index (κ1) is 14.4. The molecule has 0 bridgehead atoms. The Kier molecular flexibility index (Phi) is 4.94. The van der Waals surface area contributed by atoms with Crippen molar-refractivity contribution in [1.29, 1.82) is 0 Å². The van der Waals surface area contributed by atoms with Crippen molar-refractivity contribution in [3.05, 3.63) is 0 Å². The maximum Gasteiger partial charge on any atom is 0.239 e. The summed E-state index contributed by atoms with van der Waals surface area (Å²) in [5.74, 6) is 0.250. The van der Waals surface area contributed by atoms with E-state index >= 15 is 0 Å². The Morgan fingerprint density at radius 3 is 2.59 bits per heavy atom. The zero-order valence-corrected chi connectivity index (χ0v) is 11.4. The van der Waals surface area contributed by atoms with Crippen molar-refractivity contribution in [2.45, 2.75) is 32.7 Å². The number of nitrogens with zero attached hydrogens (tertiary/aromatic N) is 1. The average Bonchev–Trinajstić information content (AvgIpc) is 2.47. The number of carbonyl (C=O) groups is 1. The summed E-state index contributed by atoms with van der Waals surface area (Å²) in [5.41, 5.74) is 5.88. The molecule has 17 heavy (non-hydrogen) atoms. The van der Waals surface area contributed by atoms with Crippen LogP contribution in [0.2, 0.25) is 0 Å². The van der Waals surface area contributed by atoms with Crippen LogP contribution in [0.25, 0.3) is 0 Å². The molecule has 1 aliphatic rings. The van der Waals surface area contributed by atoms with E-state index in [0.717, 1.165) is 6.42 Å². The zero-order valence-electron chi connectivity index (χ0n) is 10.6. The van der Waals surface area contributed by atoms with E-state index in [0.29, 0.717) is 13.0 Å². The van der Waals surface area contributed by atoms with Gasteiger partial charge in [0.15, 0.2) is 9.84 Å². The molecule has 5 nitrogen and oxygen atoms in total. The number of hydrogen-bond donors (Lipinski definition) is 1. The van der Waals surface area contributed by atoms with E-state index in [4.69, 9.17) is 5.73 Å². The van der Waals surface area contributed by atoms with Crippen molar-refractivity contribution in [3.63, 3.8) is 0 Å². The van der Waals surface area contributed by atoms with Crippen molar-refractivity contribution in [2.75, 3.05) is 24.6 Å². The van der Waals surface area contributed by atoms with Gasteiger partial charge in [0.25, 0.3) is 0 Å². The van der Waals surface area contributed by atoms with Crippen molar-refractivity contribution < 1.29 is 13.2 Å². The highest BCUT2D eigenvalue weighted by molar-refractivity contribution is 7.91. The van der Waals surface area contributed by atoms with Crippen LogP contribution in [-0.2, 0) is 14.6 Å². The first-order valence-corrected chi connectivity index (χ1v) is 7.94. The molecule has 0 radical (unpaired) electrons. The van der Waals surface area contributed by atoms with Crippen LogP contribution < -0.4 is 5.73 Å². The Balaban J connectivity index is 2.64. The van der Waals surface area contributed by atoms with Gasteiger partial charge in [-0.05, 0) is 12.3 Å². The second-order valence-corrected chi connectivity index (χ2v) is 7.05. The quantitative estimate of drug-likeness (QED) is 0.776. The van der Waals surface area contributed by atoms with Gasteiger partial charge in [-0.2, -0.15) is 0 Å². The average molecular weight is 262 g/mol. The van der Waals surface area contributed by atoms with E-state index in [1.54, 1.807) is 4.90 Å². The predicted octanol–water partition coefficient (Wildman–Crippen LogP) is 0.00690. The monoisotopic (exact) mass is 262 g/mol. The summed E-state index contributed by atoms with van der Waals surface area (Å²) in [5, 5.41) is 0. The molecule has 0 aromatic heterocycles. The summed E-state index contributed by atoms with van der Waals surface area (Å²) in [4.78, 5) is 13.7. The fourth-order valence-corrected chi connectivity index (χ4v) is 3.14. The smallest absolute Gasteiger partial charge is 0.239 e. The SMILES string of the molecule is CCC(C)C(N)C(=O)N1CCCS(=O)(=O)CC1. The molecular weight excluding hydrogens is 240 g/mol. The lowest BCUT2D eigenvalue weighted by molar-refractivity contribution is -0.133. The van der Waals surface area contributed by atoms with Gasteiger partial charge >= 0.3 is 0 Å². The van der Waals surface area contributed by atoms with Gasteiger partial charge in [-0.1, -0.05) is 20.3 Å². The number of hydrogen-bond acceptors (Lipinski definition) is 4. The molecule has 1 aliphatic heterocycles. The minimum absolute atomic E-state index is 0.0615. The molecule has 0 aromatic rings. The third kappa shape index (κ3) is 3.96. The first-order chi connectivity index (χ1) is 7.87. The Bertz CT molecular complexity index is 367. The molecule has 0 aliphatic carbocycles. The van der Waals surface area contributed by atoms with E-state index in [9.17, 15) is 13.2 Å². The molecule has 6 heteroatoms. The first-order valence-electron chi connectivity index (χ1n) is 6.12. The van der Waals surface area contributed by atoms with Gasteiger partial charge in [0, 0.05) is 13.1 Å². The van der Waals surface area contributed by atoms with E-state index in [1.165, 1.54) is 0 Å². The summed E-state index contributed by atoms with van der Waals surface area (Å²) in [6, 6.07) is -0.513. The van der Waals surface area contributed by atoms with Crippen molar-refractivity contribution in [3.8, 4) is 0 Å². The maximum atomic E-state index is 12.1. The normalized spacial score (nSPS) is 23.8. The van der Waals surface area contributed by atoms with Crippen LogP contribution in [0.1, 0.15) is 26.7 Å². The van der Waals surface area contributed by atoms with Crippen LogP contribution in [0.5, 0.6) is 0 Å². The van der Waals surface area contributed by atoms with Crippen molar-refractivity contribution in [1.82, 2.24) is 4.90 Å². The molecule has 100 valence electrons. The molecule has 1 saturated heterocycles. The lowest BCUT2D eigenvalue weighted by Crippen LogP contribution is -2.47. The summed E-state index contributed by atoms with van der Waals surface area (Å²) in [6.45, 7) is 4.72. The third-order valence-corrected chi connectivity index (χ3v) is 5.12. The largest absolute Gasteiger partial charge is 0.340 e. The zero-order chi connectivity index (χ0) is 13.1. The van der Waals surface area contributed by atoms with Gasteiger partial charge in [0.1, 0.15) is 0 Å². The van der Waals surface area contributed by atoms with Gasteiger partial charge in [-0.25, -0.2) is 8.42 Å². The van der Waals surface area contributed by atoms with Gasteiger partial charge in [-0.15, -0.1) is 0 Å². The summed E-state index contributed by atoms with van der Waals surface area (Å²) < 4.78 is 22.9. The highest BCUT2D eigenvalue weighted by Crippen LogP contribution is 2.11. The van der Waals surface area contributed by atoms with E-state index in [1.807, 2.05) is 13.8 Å². The number of carbonyl (C=O) groups excluding carboxylic acids is 1. The van der Waals surface area contributed by atoms with Crippen LogP contribution in [0.4, 0.5) is 0 Å². The molecule has 1 amide bonds. The second kappa shape index (κ2) is 5.82. The highest BCUT2D eigenvalue weighted by Gasteiger charge is 2.28. The minimum Gasteiger partial charge on any atom is -0.340 e. The van der Waals surface area contributed by atoms with Gasteiger partial charge in [0.05, 0.1) is 17.5 Å². The van der Waals surface area contributed by atoms with Gasteiger partial charge in [-0.3, -0.25) is 4.79 Å². The summed E-state index contributed by atoms with van der Waals surface area (Å²) >= 11 is 0. The molecule has 0 saturated carbocycles. The standard InChI is InChI=1S/C11H22N2O3S/c1-3-9(2)10(12)11(14)13-5-4-7-17(15,16)8-6-13/h9-10H,3-8,12H2,1-2H3. The topological polar surface area (TPSA) is 80.5 Å². The molecule has 1 fully saturated rings. The van der Waals surface area contributed by atoms with Crippen molar-refractivity contribution in [2.24, 2.45) is 11.7 Å². The Morgan fingerprint density at radius 2 is 2.00 bits per heavy atom. The third-order valence-electron chi connectivity index (χ3n) is 3.41. The predicted molar refractivity (Wildman–Crippen MR) is 67.3 cm³/mol. The molecule has 2 unspecified atom stereocenters. The van der Waals surface area contributed by atoms with Gasteiger partial charge in [0.2, 0.25) is 5.91 Å². The number of sulfone groups is 1. The Labute approximate surface area is 103 Å². The van der Waals surface area contributed by atoms with Crippen LogP contribution in [0.3, 0.4) is 0 Å². The summed E-state index contributed by atoms with van der Waals surface area (Å²) in [6.07, 6.45) is 1.36. The van der Waals surface area contributed by atoms with Gasteiger partial charge < -0.3 is 10.6 Å². The van der Waals surface area contributed by atoms with Crippen molar-refractivity contribution >= 4 is 15.7 Å². The highest BCUT2D eigenvalue weighted by atomic mass is 32.2. The fourth-order valence-electron chi connectivity index (χ4n) is 1.87. The van der Waals surface area contributed by atoms with Crippen LogP contribution in [-0.4, -0.2) is 49.9 Å². The molecule has 0 aromatic carbocycles. The number of nitrogens with two attached hydrogens (primary N) is 1.